The van der Waals surface area contributed by atoms with Gasteiger partial charge in [-0.15, -0.1) is 0 Å². The average molecular weight is 419 g/mol. The molecule has 5 heteroatoms. The van der Waals surface area contributed by atoms with Crippen LogP contribution in [0.1, 0.15) is 35.7 Å². The molecule has 0 spiro atoms. The van der Waals surface area contributed by atoms with Crippen LogP contribution in [0.4, 0.5) is 4.39 Å². The summed E-state index contributed by atoms with van der Waals surface area (Å²) in [5, 5.41) is 12.5. The number of benzene rings is 3. The lowest BCUT2D eigenvalue weighted by Crippen LogP contribution is -2.50. The van der Waals surface area contributed by atoms with Crippen molar-refractivity contribution in [3.63, 3.8) is 0 Å². The van der Waals surface area contributed by atoms with Crippen LogP contribution in [-0.4, -0.2) is 28.9 Å². The van der Waals surface area contributed by atoms with Crippen LogP contribution in [0.3, 0.4) is 0 Å². The number of halogens is 1. The molecular weight excluding hydrogens is 393 g/mol. The molecule has 0 aromatic heterocycles. The SMILES string of the molecule is CC(CO)(Cc1ccccc1F)NC(=O)CCC(=O)c1ccc(-c2ccccc2)cc1. The number of nitrogens with one attached hydrogen (secondary N) is 1. The Hall–Kier alpha value is -3.31. The number of carbonyl (C=O) groups is 2. The number of hydrogen-bond acceptors (Lipinski definition) is 3. The van der Waals surface area contributed by atoms with E-state index in [1.807, 2.05) is 42.5 Å². The summed E-state index contributed by atoms with van der Waals surface area (Å²) in [5.74, 6) is -0.873. The molecule has 3 rings (SSSR count). The molecule has 1 amide bonds. The number of aliphatic hydroxyl groups excluding tert-OH is 1. The first-order chi connectivity index (χ1) is 14.9. The van der Waals surface area contributed by atoms with E-state index in [-0.39, 0.29) is 43.4 Å². The van der Waals surface area contributed by atoms with Gasteiger partial charge < -0.3 is 10.4 Å². The van der Waals surface area contributed by atoms with Crippen molar-refractivity contribution in [1.82, 2.24) is 5.32 Å². The molecule has 1 unspecified atom stereocenters. The number of amides is 1. The van der Waals surface area contributed by atoms with Gasteiger partial charge in [0.05, 0.1) is 12.1 Å². The second kappa shape index (κ2) is 10.1. The zero-order valence-electron chi connectivity index (χ0n) is 17.5. The van der Waals surface area contributed by atoms with Gasteiger partial charge in [-0.2, -0.15) is 0 Å². The third kappa shape index (κ3) is 6.09. The predicted molar refractivity (Wildman–Crippen MR) is 119 cm³/mol. The highest BCUT2D eigenvalue weighted by Gasteiger charge is 2.27. The Morgan fingerprint density at radius 2 is 1.48 bits per heavy atom. The number of Topliss-reactive ketones (excluding diaryl/α,β-unsaturated/α-hetero) is 1. The second-order valence-electron chi connectivity index (χ2n) is 7.90. The van der Waals surface area contributed by atoms with Crippen LogP contribution in [-0.2, 0) is 11.2 Å². The Morgan fingerprint density at radius 3 is 2.13 bits per heavy atom. The van der Waals surface area contributed by atoms with E-state index < -0.39 is 5.54 Å². The largest absolute Gasteiger partial charge is 0.394 e. The van der Waals surface area contributed by atoms with Crippen molar-refractivity contribution >= 4 is 11.7 Å². The maximum atomic E-state index is 13.9. The van der Waals surface area contributed by atoms with Crippen LogP contribution in [0.5, 0.6) is 0 Å². The fourth-order valence-corrected chi connectivity index (χ4v) is 3.45. The van der Waals surface area contributed by atoms with Gasteiger partial charge in [0.15, 0.2) is 5.78 Å². The van der Waals surface area contributed by atoms with E-state index in [1.165, 1.54) is 6.07 Å². The Labute approximate surface area is 181 Å². The first kappa shape index (κ1) is 22.4. The third-order valence-electron chi connectivity index (χ3n) is 5.22. The van der Waals surface area contributed by atoms with E-state index >= 15 is 0 Å². The maximum Gasteiger partial charge on any atom is 0.220 e. The van der Waals surface area contributed by atoms with Crippen LogP contribution in [0.25, 0.3) is 11.1 Å². The topological polar surface area (TPSA) is 66.4 Å². The molecule has 0 saturated carbocycles. The zero-order chi connectivity index (χ0) is 22.3. The Morgan fingerprint density at radius 1 is 0.871 bits per heavy atom. The highest BCUT2D eigenvalue weighted by atomic mass is 19.1. The first-order valence-electron chi connectivity index (χ1n) is 10.2. The van der Waals surface area contributed by atoms with E-state index in [9.17, 15) is 19.1 Å². The minimum atomic E-state index is -1.01. The van der Waals surface area contributed by atoms with E-state index in [2.05, 4.69) is 5.32 Å². The normalized spacial score (nSPS) is 12.7. The summed E-state index contributed by atoms with van der Waals surface area (Å²) in [7, 11) is 0. The minimum absolute atomic E-state index is 0.00781. The first-order valence-corrected chi connectivity index (χ1v) is 10.2. The summed E-state index contributed by atoms with van der Waals surface area (Å²) < 4.78 is 13.9. The summed E-state index contributed by atoms with van der Waals surface area (Å²) in [5.41, 5.74) is 2.03. The fraction of sp³-hybridized carbons (Fsp3) is 0.231. The van der Waals surface area contributed by atoms with Crippen molar-refractivity contribution in [3.05, 3.63) is 95.8 Å². The molecule has 0 heterocycles. The number of hydrogen-bond donors (Lipinski definition) is 2. The fourth-order valence-electron chi connectivity index (χ4n) is 3.45. The Bertz CT molecular complexity index is 1030. The van der Waals surface area contributed by atoms with Crippen molar-refractivity contribution in [2.24, 2.45) is 0 Å². The molecule has 0 radical (unpaired) electrons. The van der Waals surface area contributed by atoms with E-state index in [1.54, 1.807) is 37.3 Å². The Balaban J connectivity index is 1.55. The van der Waals surface area contributed by atoms with Gasteiger partial charge in [0.25, 0.3) is 0 Å². The lowest BCUT2D eigenvalue weighted by molar-refractivity contribution is -0.123. The highest BCUT2D eigenvalue weighted by Crippen LogP contribution is 2.20. The van der Waals surface area contributed by atoms with Gasteiger partial charge >= 0.3 is 0 Å². The number of rotatable bonds is 9. The monoisotopic (exact) mass is 419 g/mol. The summed E-state index contributed by atoms with van der Waals surface area (Å²) in [6.45, 7) is 1.31. The zero-order valence-corrected chi connectivity index (χ0v) is 17.5. The smallest absolute Gasteiger partial charge is 0.220 e. The van der Waals surface area contributed by atoms with Crippen LogP contribution in [0, 0.1) is 5.82 Å². The summed E-state index contributed by atoms with van der Waals surface area (Å²) >= 11 is 0. The minimum Gasteiger partial charge on any atom is -0.394 e. The third-order valence-corrected chi connectivity index (χ3v) is 5.22. The molecule has 0 aliphatic heterocycles. The number of carbonyl (C=O) groups excluding carboxylic acids is 2. The van der Waals surface area contributed by atoms with Crippen molar-refractivity contribution in [2.45, 2.75) is 31.7 Å². The molecule has 3 aromatic rings. The van der Waals surface area contributed by atoms with Crippen LogP contribution < -0.4 is 5.32 Å². The molecule has 0 fully saturated rings. The summed E-state index contributed by atoms with van der Waals surface area (Å²) in [4.78, 5) is 24.9. The van der Waals surface area contributed by atoms with Gasteiger partial charge in [-0.05, 0) is 29.7 Å². The molecule has 3 aromatic carbocycles. The van der Waals surface area contributed by atoms with E-state index in [0.717, 1.165) is 11.1 Å². The van der Waals surface area contributed by atoms with E-state index in [0.29, 0.717) is 11.1 Å². The maximum absolute atomic E-state index is 13.9. The molecule has 4 nitrogen and oxygen atoms in total. The van der Waals surface area contributed by atoms with Crippen molar-refractivity contribution in [2.75, 3.05) is 6.61 Å². The van der Waals surface area contributed by atoms with Gasteiger partial charge in [0.2, 0.25) is 5.91 Å². The van der Waals surface area contributed by atoms with E-state index in [4.69, 9.17) is 0 Å². The van der Waals surface area contributed by atoms with Crippen molar-refractivity contribution in [3.8, 4) is 11.1 Å². The molecule has 0 saturated heterocycles. The van der Waals surface area contributed by atoms with Gasteiger partial charge in [0.1, 0.15) is 5.82 Å². The van der Waals surface area contributed by atoms with Gasteiger partial charge in [-0.1, -0.05) is 72.8 Å². The molecule has 1 atom stereocenters. The van der Waals surface area contributed by atoms with Crippen LogP contribution in [0.2, 0.25) is 0 Å². The quantitative estimate of drug-likeness (QED) is 0.500. The molecule has 0 bridgehead atoms. The number of aliphatic hydroxyl groups is 1. The van der Waals surface area contributed by atoms with Gasteiger partial charge in [-0.3, -0.25) is 9.59 Å². The summed E-state index contributed by atoms with van der Waals surface area (Å²) in [6, 6.07) is 23.4. The average Bonchev–Trinajstić information content (AvgIpc) is 2.80. The molecule has 0 aliphatic carbocycles. The highest BCUT2D eigenvalue weighted by molar-refractivity contribution is 5.98. The van der Waals surface area contributed by atoms with Crippen molar-refractivity contribution in [1.29, 1.82) is 0 Å². The van der Waals surface area contributed by atoms with Gasteiger partial charge in [-0.25, -0.2) is 4.39 Å². The molecular formula is C26H26FNO3. The summed E-state index contributed by atoms with van der Waals surface area (Å²) in [6.07, 6.45) is 0.195. The van der Waals surface area contributed by atoms with Crippen LogP contribution in [0.15, 0.2) is 78.9 Å². The van der Waals surface area contributed by atoms with Crippen molar-refractivity contribution < 1.29 is 19.1 Å². The van der Waals surface area contributed by atoms with Gasteiger partial charge in [0, 0.05) is 24.8 Å². The Kier molecular flexibility index (Phi) is 7.32. The molecule has 160 valence electrons. The standard InChI is InChI=1S/C26H26FNO3/c1-26(18-29,17-22-9-5-6-10-23(22)27)28-25(31)16-15-24(30)21-13-11-20(12-14-21)19-7-3-2-4-8-19/h2-14,29H,15-18H2,1H3,(H,28,31). The number of ketones is 1. The predicted octanol–water partition coefficient (Wildman–Crippen LogP) is 4.57. The molecule has 0 aliphatic rings. The second-order valence-corrected chi connectivity index (χ2v) is 7.90. The lowest BCUT2D eigenvalue weighted by Gasteiger charge is -2.29. The van der Waals surface area contributed by atoms with Crippen LogP contribution >= 0.6 is 0 Å². The molecule has 2 N–H and O–H groups in total. The lowest BCUT2D eigenvalue weighted by atomic mass is 9.93. The molecule has 31 heavy (non-hydrogen) atoms.